The number of hydrogen-bond acceptors (Lipinski definition) is 5. The van der Waals surface area contributed by atoms with Crippen molar-refractivity contribution >= 4 is 17.5 Å². The van der Waals surface area contributed by atoms with Crippen molar-refractivity contribution in [3.05, 3.63) is 93.9 Å². The number of fused-ring (bicyclic) bond motifs is 1. The smallest absolute Gasteiger partial charge is 0.273 e. The van der Waals surface area contributed by atoms with Crippen LogP contribution < -0.4 is 4.74 Å². The molecule has 2 N–H and O–H groups in total. The number of aryl methyl sites for hydroxylation is 1. The number of hydrogen-bond donors (Lipinski definition) is 2. The number of rotatable bonds is 6. The van der Waals surface area contributed by atoms with Crippen LogP contribution in [0.25, 0.3) is 11.3 Å². The van der Waals surface area contributed by atoms with Gasteiger partial charge < -0.3 is 14.7 Å². The number of aromatic hydroxyl groups is 1. The highest BCUT2D eigenvalue weighted by Crippen LogP contribution is 2.46. The van der Waals surface area contributed by atoms with Crippen LogP contribution in [0.5, 0.6) is 11.5 Å². The first-order chi connectivity index (χ1) is 16.5. The van der Waals surface area contributed by atoms with Gasteiger partial charge >= 0.3 is 0 Å². The van der Waals surface area contributed by atoms with Crippen LogP contribution in [-0.2, 0) is 6.54 Å². The Morgan fingerprint density at radius 2 is 2.06 bits per heavy atom. The normalized spacial score (nSPS) is 15.0. The summed E-state index contributed by atoms with van der Waals surface area (Å²) >= 11 is 6.38. The summed E-state index contributed by atoms with van der Waals surface area (Å²) in [6, 6.07) is 14.3. The summed E-state index contributed by atoms with van der Waals surface area (Å²) in [6.07, 6.45) is 3.45. The summed E-state index contributed by atoms with van der Waals surface area (Å²) in [6.45, 7) is 4.64. The molecule has 2 aromatic heterocycles. The minimum absolute atomic E-state index is 0.0520. The Balaban J connectivity index is 1.68. The maximum absolute atomic E-state index is 13.6. The van der Waals surface area contributed by atoms with Crippen molar-refractivity contribution in [1.29, 1.82) is 0 Å². The molecule has 0 fully saturated rings. The molecule has 1 aliphatic heterocycles. The van der Waals surface area contributed by atoms with E-state index in [4.69, 9.17) is 16.3 Å². The first-order valence-electron chi connectivity index (χ1n) is 11.0. The second kappa shape index (κ2) is 8.83. The Labute approximate surface area is 202 Å². The lowest BCUT2D eigenvalue weighted by Gasteiger charge is -2.27. The molecule has 1 aliphatic rings. The van der Waals surface area contributed by atoms with Crippen molar-refractivity contribution in [2.24, 2.45) is 0 Å². The second-order valence-corrected chi connectivity index (χ2v) is 8.59. The molecule has 0 saturated carbocycles. The summed E-state index contributed by atoms with van der Waals surface area (Å²) in [5.41, 5.74) is 4.58. The zero-order valence-corrected chi connectivity index (χ0v) is 19.5. The van der Waals surface area contributed by atoms with Gasteiger partial charge in [-0.2, -0.15) is 5.10 Å². The quantitative estimate of drug-likeness (QED) is 0.396. The summed E-state index contributed by atoms with van der Waals surface area (Å²) in [7, 11) is 0. The monoisotopic (exact) mass is 474 g/mol. The van der Waals surface area contributed by atoms with E-state index in [1.807, 2.05) is 50.2 Å². The van der Waals surface area contributed by atoms with Gasteiger partial charge in [0, 0.05) is 35.1 Å². The number of amides is 1. The van der Waals surface area contributed by atoms with Crippen LogP contribution >= 0.6 is 11.6 Å². The summed E-state index contributed by atoms with van der Waals surface area (Å²) in [5, 5.41) is 18.6. The van der Waals surface area contributed by atoms with Gasteiger partial charge in [-0.25, -0.2) is 0 Å². The van der Waals surface area contributed by atoms with Crippen LogP contribution in [0, 0.1) is 6.92 Å². The van der Waals surface area contributed by atoms with Gasteiger partial charge in [0.2, 0.25) is 0 Å². The minimum Gasteiger partial charge on any atom is -0.507 e. The molecule has 7 nitrogen and oxygen atoms in total. The molecular weight excluding hydrogens is 452 g/mol. The van der Waals surface area contributed by atoms with Gasteiger partial charge in [0.25, 0.3) is 5.91 Å². The largest absolute Gasteiger partial charge is 0.507 e. The van der Waals surface area contributed by atoms with Crippen LogP contribution in [0.4, 0.5) is 0 Å². The lowest BCUT2D eigenvalue weighted by Crippen LogP contribution is -2.29. The number of phenols is 1. The molecule has 4 aromatic rings. The molecular formula is C26H23ClN4O3. The lowest BCUT2D eigenvalue weighted by atomic mass is 9.95. The molecule has 1 amide bonds. The van der Waals surface area contributed by atoms with Gasteiger partial charge in [-0.05, 0) is 60.9 Å². The second-order valence-electron chi connectivity index (χ2n) is 8.18. The number of carbonyl (C=O) groups is 1. The molecule has 0 aliphatic carbocycles. The number of nitrogens with zero attached hydrogens (tertiary/aromatic N) is 3. The standard InChI is InChI=1S/C26H23ClN4O3/c1-3-34-18-8-4-7-17(11-18)25-22-23(19-12-20(27)15(2)10-21(19)32)29-30-24(22)26(33)31(25)14-16-6-5-9-28-13-16/h4-13,25,32H,3,14H2,1-2H3,(H,29,30)/t25-/m1/s1. The maximum Gasteiger partial charge on any atom is 0.273 e. The van der Waals surface area contributed by atoms with Crippen LogP contribution in [0.2, 0.25) is 5.02 Å². The van der Waals surface area contributed by atoms with Gasteiger partial charge in [0.1, 0.15) is 22.9 Å². The van der Waals surface area contributed by atoms with E-state index < -0.39 is 6.04 Å². The highest BCUT2D eigenvalue weighted by Gasteiger charge is 2.42. The van der Waals surface area contributed by atoms with Gasteiger partial charge in [0.15, 0.2) is 0 Å². The number of halogens is 1. The number of benzene rings is 2. The van der Waals surface area contributed by atoms with Crippen LogP contribution in [-0.4, -0.2) is 37.7 Å². The molecule has 0 spiro atoms. The van der Waals surface area contributed by atoms with Crippen molar-refractivity contribution < 1.29 is 14.6 Å². The van der Waals surface area contributed by atoms with E-state index in [0.717, 1.165) is 16.7 Å². The number of nitrogens with one attached hydrogen (secondary N) is 1. The fourth-order valence-electron chi connectivity index (χ4n) is 4.40. The molecule has 0 saturated heterocycles. The summed E-state index contributed by atoms with van der Waals surface area (Å²) < 4.78 is 5.72. The van der Waals surface area contributed by atoms with E-state index in [9.17, 15) is 9.90 Å². The molecule has 3 heterocycles. The van der Waals surface area contributed by atoms with E-state index in [1.54, 1.807) is 29.4 Å². The first kappa shape index (κ1) is 22.0. The molecule has 8 heteroatoms. The zero-order chi connectivity index (χ0) is 23.8. The van der Waals surface area contributed by atoms with E-state index >= 15 is 0 Å². The molecule has 0 radical (unpaired) electrons. The lowest BCUT2D eigenvalue weighted by molar-refractivity contribution is 0.0729. The number of aromatic amines is 1. The Morgan fingerprint density at radius 3 is 2.82 bits per heavy atom. The van der Waals surface area contributed by atoms with Crippen molar-refractivity contribution in [1.82, 2.24) is 20.1 Å². The van der Waals surface area contributed by atoms with E-state index in [2.05, 4.69) is 15.2 Å². The SMILES string of the molecule is CCOc1cccc([C@@H]2c3c(-c4cc(Cl)c(C)cc4O)n[nH]c3C(=O)N2Cc2cccnc2)c1. The third-order valence-corrected chi connectivity index (χ3v) is 6.36. The van der Waals surface area contributed by atoms with Gasteiger partial charge in [-0.3, -0.25) is 14.9 Å². The Morgan fingerprint density at radius 1 is 1.21 bits per heavy atom. The van der Waals surface area contributed by atoms with Gasteiger partial charge in [-0.15, -0.1) is 0 Å². The molecule has 0 unspecified atom stereocenters. The highest BCUT2D eigenvalue weighted by atomic mass is 35.5. The van der Waals surface area contributed by atoms with Crippen LogP contribution in [0.1, 0.15) is 45.7 Å². The van der Waals surface area contributed by atoms with Crippen molar-refractivity contribution in [2.75, 3.05) is 6.61 Å². The average Bonchev–Trinajstić information content (AvgIpc) is 3.37. The number of aromatic nitrogens is 3. The third kappa shape index (κ3) is 3.78. The molecule has 2 aromatic carbocycles. The van der Waals surface area contributed by atoms with E-state index in [-0.39, 0.29) is 11.7 Å². The summed E-state index contributed by atoms with van der Waals surface area (Å²) in [4.78, 5) is 19.5. The van der Waals surface area contributed by atoms with Crippen molar-refractivity contribution in [3.8, 4) is 22.8 Å². The number of ether oxygens (including phenoxy) is 1. The fraction of sp³-hybridized carbons (Fsp3) is 0.192. The maximum atomic E-state index is 13.6. The Kier molecular flexibility index (Phi) is 5.71. The van der Waals surface area contributed by atoms with Crippen molar-refractivity contribution in [3.63, 3.8) is 0 Å². The summed E-state index contributed by atoms with van der Waals surface area (Å²) in [5.74, 6) is 0.590. The zero-order valence-electron chi connectivity index (χ0n) is 18.7. The predicted octanol–water partition coefficient (Wildman–Crippen LogP) is 5.28. The molecule has 172 valence electrons. The average molecular weight is 475 g/mol. The third-order valence-electron chi connectivity index (χ3n) is 5.96. The van der Waals surface area contributed by atoms with E-state index in [1.165, 1.54) is 0 Å². The van der Waals surface area contributed by atoms with Crippen LogP contribution in [0.3, 0.4) is 0 Å². The van der Waals surface area contributed by atoms with Gasteiger partial charge in [-0.1, -0.05) is 29.8 Å². The van der Waals surface area contributed by atoms with E-state index in [0.29, 0.717) is 46.4 Å². The van der Waals surface area contributed by atoms with Gasteiger partial charge in [0.05, 0.1) is 12.6 Å². The number of pyridine rings is 1. The number of carbonyl (C=O) groups excluding carboxylic acids is 1. The molecule has 0 bridgehead atoms. The Bertz CT molecular complexity index is 1370. The molecule has 1 atom stereocenters. The minimum atomic E-state index is -0.448. The number of H-pyrrole nitrogens is 1. The number of phenolic OH excluding ortho intramolecular Hbond substituents is 1. The topological polar surface area (TPSA) is 91.3 Å². The fourth-order valence-corrected chi connectivity index (χ4v) is 4.56. The predicted molar refractivity (Wildman–Crippen MR) is 129 cm³/mol. The van der Waals surface area contributed by atoms with Crippen molar-refractivity contribution in [2.45, 2.75) is 26.4 Å². The molecule has 5 rings (SSSR count). The highest BCUT2D eigenvalue weighted by molar-refractivity contribution is 6.31. The molecule has 34 heavy (non-hydrogen) atoms. The Hall–Kier alpha value is -3.84. The first-order valence-corrected chi connectivity index (χ1v) is 11.4. The van der Waals surface area contributed by atoms with Crippen LogP contribution in [0.15, 0.2) is 60.9 Å².